The van der Waals surface area contributed by atoms with Crippen molar-refractivity contribution in [2.45, 2.75) is 18.9 Å². The maximum Gasteiger partial charge on any atom is 0.339 e. The Balaban J connectivity index is 1.87. The number of esters is 1. The summed E-state index contributed by atoms with van der Waals surface area (Å²) in [4.78, 5) is 28.5. The number of methoxy groups -OCH3 is 2. The fourth-order valence-corrected chi connectivity index (χ4v) is 3.26. The van der Waals surface area contributed by atoms with Gasteiger partial charge in [-0.05, 0) is 24.6 Å². The smallest absolute Gasteiger partial charge is 0.339 e. The van der Waals surface area contributed by atoms with Crippen LogP contribution in [-0.4, -0.2) is 43.1 Å². The number of hydrogen-bond donors (Lipinski definition) is 1. The summed E-state index contributed by atoms with van der Waals surface area (Å²) >= 11 is 0. The predicted octanol–water partition coefficient (Wildman–Crippen LogP) is 1.70. The van der Waals surface area contributed by atoms with E-state index in [0.29, 0.717) is 24.1 Å². The summed E-state index contributed by atoms with van der Waals surface area (Å²) in [5.41, 5.74) is 1.41. The molecule has 7 nitrogen and oxygen atoms in total. The molecule has 0 radical (unpaired) electrons. The minimum Gasteiger partial charge on any atom is -0.496 e. The van der Waals surface area contributed by atoms with Gasteiger partial charge in [0.25, 0.3) is 0 Å². The monoisotopic (exact) mass is 319 g/mol. The van der Waals surface area contributed by atoms with Crippen LogP contribution in [0.3, 0.4) is 0 Å². The molecule has 0 spiro atoms. The second-order valence-electron chi connectivity index (χ2n) is 5.64. The van der Waals surface area contributed by atoms with Crippen LogP contribution in [0.2, 0.25) is 0 Å². The van der Waals surface area contributed by atoms with Crippen molar-refractivity contribution in [3.05, 3.63) is 29.3 Å². The molecule has 122 valence electrons. The molecule has 1 aliphatic heterocycles. The zero-order valence-electron chi connectivity index (χ0n) is 12.8. The first-order chi connectivity index (χ1) is 11.0. The molecule has 0 saturated heterocycles. The first kappa shape index (κ1) is 15.3. The Morgan fingerprint density at radius 2 is 2.09 bits per heavy atom. The number of nitrogens with zero attached hydrogens (tertiary/aromatic N) is 1. The number of benzene rings is 1. The third kappa shape index (κ3) is 2.62. The van der Waals surface area contributed by atoms with Crippen LogP contribution < -0.4 is 4.74 Å². The van der Waals surface area contributed by atoms with Crippen molar-refractivity contribution in [1.82, 2.24) is 0 Å². The van der Waals surface area contributed by atoms with Gasteiger partial charge in [-0.2, -0.15) is 0 Å². The van der Waals surface area contributed by atoms with Gasteiger partial charge in [-0.15, -0.1) is 0 Å². The largest absolute Gasteiger partial charge is 0.496 e. The van der Waals surface area contributed by atoms with Crippen LogP contribution in [0.1, 0.15) is 28.8 Å². The van der Waals surface area contributed by atoms with Gasteiger partial charge in [0.05, 0.1) is 25.8 Å². The average molecular weight is 319 g/mol. The minimum atomic E-state index is -1.07. The van der Waals surface area contributed by atoms with Gasteiger partial charge >= 0.3 is 11.9 Å². The molecule has 1 saturated carbocycles. The van der Waals surface area contributed by atoms with E-state index in [2.05, 4.69) is 5.16 Å². The number of ether oxygens (including phenoxy) is 2. The van der Waals surface area contributed by atoms with E-state index in [4.69, 9.17) is 14.3 Å². The number of fused-ring (bicyclic) bond motifs is 1. The first-order valence-electron chi connectivity index (χ1n) is 7.28. The van der Waals surface area contributed by atoms with Crippen LogP contribution in [0.15, 0.2) is 23.4 Å². The second-order valence-corrected chi connectivity index (χ2v) is 5.64. The van der Waals surface area contributed by atoms with E-state index in [-0.39, 0.29) is 35.2 Å². The fourth-order valence-electron chi connectivity index (χ4n) is 3.26. The van der Waals surface area contributed by atoms with Crippen LogP contribution in [0.25, 0.3) is 0 Å². The Morgan fingerprint density at radius 1 is 1.30 bits per heavy atom. The molecule has 0 aromatic heterocycles. The molecule has 1 aliphatic carbocycles. The third-order valence-electron chi connectivity index (χ3n) is 4.40. The zero-order valence-corrected chi connectivity index (χ0v) is 12.8. The zero-order chi connectivity index (χ0) is 16.6. The molecule has 1 aromatic carbocycles. The number of carbonyl (C=O) groups is 2. The van der Waals surface area contributed by atoms with Crippen LogP contribution in [0, 0.1) is 11.8 Å². The normalized spacial score (nSPS) is 25.3. The number of carboxylic acids is 1. The van der Waals surface area contributed by atoms with E-state index in [1.165, 1.54) is 20.3 Å². The van der Waals surface area contributed by atoms with Gasteiger partial charge in [-0.3, -0.25) is 4.79 Å². The lowest BCUT2D eigenvalue weighted by Gasteiger charge is -2.11. The molecule has 3 rings (SSSR count). The Bertz CT molecular complexity index is 683. The number of rotatable bonds is 4. The van der Waals surface area contributed by atoms with Crippen LogP contribution in [0.5, 0.6) is 5.75 Å². The Hall–Kier alpha value is -2.57. The van der Waals surface area contributed by atoms with Crippen LogP contribution in [0.4, 0.5) is 0 Å². The molecule has 23 heavy (non-hydrogen) atoms. The van der Waals surface area contributed by atoms with E-state index in [9.17, 15) is 14.7 Å². The van der Waals surface area contributed by atoms with Crippen molar-refractivity contribution in [1.29, 1.82) is 0 Å². The molecular formula is C16H17NO6. The van der Waals surface area contributed by atoms with Crippen molar-refractivity contribution in [2.75, 3.05) is 14.2 Å². The van der Waals surface area contributed by atoms with Gasteiger partial charge in [0.15, 0.2) is 0 Å². The highest BCUT2D eigenvalue weighted by Crippen LogP contribution is 2.40. The predicted molar refractivity (Wildman–Crippen MR) is 79.6 cm³/mol. The lowest BCUT2D eigenvalue weighted by molar-refractivity contribution is -0.145. The second kappa shape index (κ2) is 5.91. The SMILES string of the molecule is COC(=O)C1CC2ON=C(c3ccc(OC)c(C(=O)O)c3)C2C1. The topological polar surface area (TPSA) is 94.4 Å². The molecule has 2 aliphatic rings. The Morgan fingerprint density at radius 3 is 2.74 bits per heavy atom. The summed E-state index contributed by atoms with van der Waals surface area (Å²) in [6.07, 6.45) is 0.987. The highest BCUT2D eigenvalue weighted by Gasteiger charge is 2.46. The third-order valence-corrected chi connectivity index (χ3v) is 4.40. The van der Waals surface area contributed by atoms with Crippen molar-refractivity contribution in [3.8, 4) is 5.75 Å². The van der Waals surface area contributed by atoms with Gasteiger partial charge in [0.2, 0.25) is 0 Å². The summed E-state index contributed by atoms with van der Waals surface area (Å²) in [7, 11) is 2.79. The van der Waals surface area contributed by atoms with Gasteiger partial charge in [-0.1, -0.05) is 5.16 Å². The number of oxime groups is 1. The van der Waals surface area contributed by atoms with Gasteiger partial charge < -0.3 is 19.4 Å². The maximum atomic E-state index is 11.7. The molecule has 3 atom stereocenters. The fraction of sp³-hybridized carbons (Fsp3) is 0.438. The molecule has 1 aromatic rings. The number of hydrogen-bond acceptors (Lipinski definition) is 6. The van der Waals surface area contributed by atoms with E-state index >= 15 is 0 Å². The molecule has 7 heteroatoms. The number of carboxylic acid groups (broad SMARTS) is 1. The number of aromatic carboxylic acids is 1. The molecule has 0 bridgehead atoms. The van der Waals surface area contributed by atoms with Gasteiger partial charge in [0, 0.05) is 17.9 Å². The molecule has 1 N–H and O–H groups in total. The summed E-state index contributed by atoms with van der Waals surface area (Å²) in [5, 5.41) is 13.4. The summed E-state index contributed by atoms with van der Waals surface area (Å²) in [6, 6.07) is 4.87. The van der Waals surface area contributed by atoms with E-state index in [1.54, 1.807) is 12.1 Å². The van der Waals surface area contributed by atoms with E-state index in [0.717, 1.165) is 0 Å². The Kier molecular flexibility index (Phi) is 3.94. The summed E-state index contributed by atoms with van der Waals surface area (Å²) in [6.45, 7) is 0. The van der Waals surface area contributed by atoms with Gasteiger partial charge in [-0.25, -0.2) is 4.79 Å². The van der Waals surface area contributed by atoms with Gasteiger partial charge in [0.1, 0.15) is 17.4 Å². The van der Waals surface area contributed by atoms with E-state index < -0.39 is 5.97 Å². The highest BCUT2D eigenvalue weighted by molar-refractivity contribution is 6.05. The number of carbonyl (C=O) groups excluding carboxylic acids is 1. The molecule has 0 amide bonds. The lowest BCUT2D eigenvalue weighted by Crippen LogP contribution is -2.18. The summed E-state index contributed by atoms with van der Waals surface area (Å²) < 4.78 is 9.85. The first-order valence-corrected chi connectivity index (χ1v) is 7.28. The lowest BCUT2D eigenvalue weighted by atomic mass is 9.92. The minimum absolute atomic E-state index is 0.0332. The molecule has 3 unspecified atom stereocenters. The quantitative estimate of drug-likeness (QED) is 0.849. The standard InChI is InChI=1S/C16H17NO6/c1-21-12-4-3-8(5-11(12)15(18)19)14-10-6-9(16(20)22-2)7-13(10)23-17-14/h3-5,9-10,13H,6-7H2,1-2H3,(H,18,19). The van der Waals surface area contributed by atoms with Crippen molar-refractivity contribution in [3.63, 3.8) is 0 Å². The van der Waals surface area contributed by atoms with E-state index in [1.807, 2.05) is 0 Å². The van der Waals surface area contributed by atoms with Crippen molar-refractivity contribution in [2.24, 2.45) is 17.0 Å². The molecule has 1 heterocycles. The van der Waals surface area contributed by atoms with Crippen molar-refractivity contribution >= 4 is 17.7 Å². The average Bonchev–Trinajstić information content (AvgIpc) is 3.13. The summed E-state index contributed by atoms with van der Waals surface area (Å²) in [5.74, 6) is -1.27. The maximum absolute atomic E-state index is 11.7. The van der Waals surface area contributed by atoms with Crippen LogP contribution in [-0.2, 0) is 14.4 Å². The van der Waals surface area contributed by atoms with Crippen LogP contribution >= 0.6 is 0 Å². The van der Waals surface area contributed by atoms with Crippen molar-refractivity contribution < 1.29 is 29.0 Å². The Labute approximate surface area is 132 Å². The molecular weight excluding hydrogens is 302 g/mol. The molecule has 1 fully saturated rings. The highest BCUT2D eigenvalue weighted by atomic mass is 16.6.